The molecule has 1 saturated carbocycles. The number of sulfone groups is 1. The summed E-state index contributed by atoms with van der Waals surface area (Å²) in [6.45, 7) is 0.141. The van der Waals surface area contributed by atoms with Gasteiger partial charge >= 0.3 is 0 Å². The van der Waals surface area contributed by atoms with E-state index in [4.69, 9.17) is 23.1 Å². The number of hydrogen-bond acceptors (Lipinski definition) is 4. The van der Waals surface area contributed by atoms with Gasteiger partial charge in [-0.3, -0.25) is 0 Å². The van der Waals surface area contributed by atoms with Crippen LogP contribution in [-0.4, -0.2) is 32.0 Å². The lowest BCUT2D eigenvalue weighted by atomic mass is 10.1. The fourth-order valence-corrected chi connectivity index (χ4v) is 4.56. The number of halogens is 1. The molecule has 0 heterocycles. The van der Waals surface area contributed by atoms with E-state index < -0.39 is 20.6 Å². The highest BCUT2D eigenvalue weighted by Crippen LogP contribution is 2.53. The highest BCUT2D eigenvalue weighted by Gasteiger charge is 2.67. The number of hydrogen-bond donors (Lipinski definition) is 2. The van der Waals surface area contributed by atoms with Crippen molar-refractivity contribution in [1.82, 2.24) is 0 Å². The van der Waals surface area contributed by atoms with Gasteiger partial charge in [0.1, 0.15) is 0 Å². The first kappa shape index (κ1) is 12.8. The Bertz CT molecular complexity index is 546. The molecule has 6 heteroatoms. The third-order valence-corrected chi connectivity index (χ3v) is 5.19. The summed E-state index contributed by atoms with van der Waals surface area (Å²) in [5.41, 5.74) is 11.6. The van der Waals surface area contributed by atoms with Gasteiger partial charge in [-0.25, -0.2) is 8.42 Å². The van der Waals surface area contributed by atoms with E-state index >= 15 is 0 Å². The van der Waals surface area contributed by atoms with Gasteiger partial charge in [-0.2, -0.15) is 0 Å². The molecule has 2 rings (SSSR count). The van der Waals surface area contributed by atoms with Crippen molar-refractivity contribution in [2.24, 2.45) is 11.5 Å². The van der Waals surface area contributed by atoms with Crippen LogP contribution in [0.5, 0.6) is 0 Å². The molecule has 0 unspecified atom stereocenters. The molecule has 1 aliphatic carbocycles. The van der Waals surface area contributed by atoms with Crippen LogP contribution in [-0.2, 0) is 9.84 Å². The van der Waals surface area contributed by atoms with E-state index in [1.165, 1.54) is 6.26 Å². The smallest absolute Gasteiger partial charge is 0.152 e. The highest BCUT2D eigenvalue weighted by molar-refractivity contribution is 7.91. The van der Waals surface area contributed by atoms with Crippen LogP contribution in [0.3, 0.4) is 0 Å². The molecule has 0 spiro atoms. The third-order valence-electron chi connectivity index (χ3n) is 3.32. The Kier molecular flexibility index (Phi) is 2.98. The molecule has 1 aromatic carbocycles. The number of rotatable bonds is 3. The van der Waals surface area contributed by atoms with Crippen molar-refractivity contribution in [3.63, 3.8) is 0 Å². The summed E-state index contributed by atoms with van der Waals surface area (Å²) in [5.74, 6) is -0.263. The van der Waals surface area contributed by atoms with Crippen molar-refractivity contribution in [3.05, 3.63) is 34.9 Å². The Morgan fingerprint density at radius 2 is 2.12 bits per heavy atom. The Hall–Kier alpha value is -0.620. The quantitative estimate of drug-likeness (QED) is 0.841. The van der Waals surface area contributed by atoms with Crippen LogP contribution in [0.25, 0.3) is 0 Å². The summed E-state index contributed by atoms with van der Waals surface area (Å²) in [6.07, 6.45) is 1.19. The molecule has 0 saturated heterocycles. The van der Waals surface area contributed by atoms with E-state index in [1.54, 1.807) is 18.2 Å². The topological polar surface area (TPSA) is 86.2 Å². The van der Waals surface area contributed by atoms with Gasteiger partial charge in [0, 0.05) is 23.7 Å². The van der Waals surface area contributed by atoms with Crippen molar-refractivity contribution in [3.8, 4) is 0 Å². The molecule has 0 amide bonds. The summed E-state index contributed by atoms with van der Waals surface area (Å²) in [6, 6.07) is 7.10. The van der Waals surface area contributed by atoms with E-state index in [-0.39, 0.29) is 12.5 Å². The van der Waals surface area contributed by atoms with Crippen LogP contribution in [0.1, 0.15) is 11.5 Å². The minimum absolute atomic E-state index is 0.141. The largest absolute Gasteiger partial charge is 0.329 e. The van der Waals surface area contributed by atoms with Gasteiger partial charge in [-0.1, -0.05) is 23.7 Å². The highest BCUT2D eigenvalue weighted by atomic mass is 35.5. The molecular formula is C11H15ClN2O2S. The zero-order valence-corrected chi connectivity index (χ0v) is 11.0. The summed E-state index contributed by atoms with van der Waals surface area (Å²) in [7, 11) is -3.21. The molecule has 1 fully saturated rings. The van der Waals surface area contributed by atoms with Crippen LogP contribution in [0.15, 0.2) is 24.3 Å². The fraction of sp³-hybridized carbons (Fsp3) is 0.455. The lowest BCUT2D eigenvalue weighted by molar-refractivity contribution is 0.591. The standard InChI is InChI=1S/C11H15ClN2O2S/c1-17(15,16)10-9(11(10,14)6-13)7-3-2-4-8(12)5-7/h2-5,9-10H,6,13-14H2,1H3/t9-,10+,11-/m0/s1. The molecule has 4 nitrogen and oxygen atoms in total. The summed E-state index contributed by atoms with van der Waals surface area (Å²) in [4.78, 5) is 0. The lowest BCUT2D eigenvalue weighted by Crippen LogP contribution is -2.38. The van der Waals surface area contributed by atoms with Crippen LogP contribution in [0.4, 0.5) is 0 Å². The number of benzene rings is 1. The fourth-order valence-electron chi connectivity index (χ4n) is 2.50. The summed E-state index contributed by atoms with van der Waals surface area (Å²) >= 11 is 5.89. The van der Waals surface area contributed by atoms with E-state index in [1.807, 2.05) is 6.07 Å². The average Bonchev–Trinajstić information content (AvgIpc) is 2.86. The zero-order chi connectivity index (χ0) is 12.8. The van der Waals surface area contributed by atoms with Crippen molar-refractivity contribution >= 4 is 21.4 Å². The van der Waals surface area contributed by atoms with E-state index in [0.717, 1.165) is 5.56 Å². The first-order chi connectivity index (χ1) is 7.80. The molecule has 17 heavy (non-hydrogen) atoms. The molecule has 3 atom stereocenters. The molecule has 0 aliphatic heterocycles. The molecule has 1 aromatic rings. The predicted molar refractivity (Wildman–Crippen MR) is 68.8 cm³/mol. The maximum Gasteiger partial charge on any atom is 0.152 e. The van der Waals surface area contributed by atoms with Crippen LogP contribution in [0.2, 0.25) is 5.02 Å². The predicted octanol–water partition coefficient (Wildman–Crippen LogP) is 0.507. The summed E-state index contributed by atoms with van der Waals surface area (Å²) < 4.78 is 23.3. The van der Waals surface area contributed by atoms with Crippen molar-refractivity contribution < 1.29 is 8.42 Å². The summed E-state index contributed by atoms with van der Waals surface area (Å²) in [5, 5.41) is -0.0421. The van der Waals surface area contributed by atoms with Gasteiger partial charge < -0.3 is 11.5 Å². The van der Waals surface area contributed by atoms with Gasteiger partial charge in [0.25, 0.3) is 0 Å². The van der Waals surface area contributed by atoms with Crippen LogP contribution < -0.4 is 11.5 Å². The minimum Gasteiger partial charge on any atom is -0.329 e. The Balaban J connectivity index is 2.41. The Morgan fingerprint density at radius 3 is 2.53 bits per heavy atom. The van der Waals surface area contributed by atoms with E-state index in [2.05, 4.69) is 0 Å². The molecule has 0 radical (unpaired) electrons. The van der Waals surface area contributed by atoms with Gasteiger partial charge in [-0.05, 0) is 17.7 Å². The van der Waals surface area contributed by atoms with Gasteiger partial charge in [0.05, 0.1) is 10.8 Å². The molecule has 0 aromatic heterocycles. The molecule has 94 valence electrons. The Labute approximate surface area is 106 Å². The maximum atomic E-state index is 11.7. The average molecular weight is 275 g/mol. The lowest BCUT2D eigenvalue weighted by Gasteiger charge is -2.07. The third kappa shape index (κ3) is 2.08. The van der Waals surface area contributed by atoms with Crippen LogP contribution >= 0.6 is 11.6 Å². The SMILES string of the molecule is CS(=O)(=O)[C@@H]1[C@H](c2cccc(Cl)c2)[C@@]1(N)CN. The Morgan fingerprint density at radius 1 is 1.47 bits per heavy atom. The molecule has 1 aliphatic rings. The van der Waals surface area contributed by atoms with Gasteiger partial charge in [-0.15, -0.1) is 0 Å². The van der Waals surface area contributed by atoms with Crippen molar-refractivity contribution in [2.45, 2.75) is 16.7 Å². The maximum absolute atomic E-state index is 11.7. The first-order valence-corrected chi connectivity index (χ1v) is 7.57. The van der Waals surface area contributed by atoms with Gasteiger partial charge in [0.15, 0.2) is 9.84 Å². The zero-order valence-electron chi connectivity index (χ0n) is 9.43. The molecule has 0 bridgehead atoms. The number of nitrogens with two attached hydrogens (primary N) is 2. The molecule has 4 N–H and O–H groups in total. The second kappa shape index (κ2) is 3.95. The molecular weight excluding hydrogens is 260 g/mol. The second-order valence-electron chi connectivity index (χ2n) is 4.60. The van der Waals surface area contributed by atoms with E-state index in [9.17, 15) is 8.42 Å². The second-order valence-corrected chi connectivity index (χ2v) is 7.20. The van der Waals surface area contributed by atoms with Gasteiger partial charge in [0.2, 0.25) is 0 Å². The van der Waals surface area contributed by atoms with Crippen molar-refractivity contribution in [1.29, 1.82) is 0 Å². The first-order valence-electron chi connectivity index (χ1n) is 5.24. The normalized spacial score (nSPS) is 32.5. The van der Waals surface area contributed by atoms with E-state index in [0.29, 0.717) is 5.02 Å². The van der Waals surface area contributed by atoms with Crippen LogP contribution in [0, 0.1) is 0 Å². The minimum atomic E-state index is -3.21. The monoisotopic (exact) mass is 274 g/mol. The van der Waals surface area contributed by atoms with Crippen molar-refractivity contribution in [2.75, 3.05) is 12.8 Å².